The Bertz CT molecular complexity index is 710. The van der Waals surface area contributed by atoms with Crippen LogP contribution in [0.1, 0.15) is 10.4 Å². The van der Waals surface area contributed by atoms with E-state index in [1.54, 1.807) is 26.2 Å². The number of hydrogen-bond acceptors (Lipinski definition) is 4. The van der Waals surface area contributed by atoms with Gasteiger partial charge in [-0.05, 0) is 35.0 Å². The molecule has 0 radical (unpaired) electrons. The number of benzene rings is 1. The topological polar surface area (TPSA) is 55.4 Å². The number of aryl methyl sites for hydroxylation is 1. The summed E-state index contributed by atoms with van der Waals surface area (Å²) in [6.45, 7) is 1.98. The van der Waals surface area contributed by atoms with Gasteiger partial charge in [-0.1, -0.05) is 18.2 Å². The van der Waals surface area contributed by atoms with Crippen molar-refractivity contribution < 1.29 is 13.2 Å². The second-order valence-corrected chi connectivity index (χ2v) is 8.48. The molecule has 0 atom stereocenters. The molecule has 0 aliphatic carbocycles. The van der Waals surface area contributed by atoms with Gasteiger partial charge in [0, 0.05) is 17.0 Å². The Morgan fingerprint density at radius 1 is 1.35 bits per heavy atom. The van der Waals surface area contributed by atoms with Gasteiger partial charge in [-0.25, -0.2) is 13.1 Å². The molecule has 2 rings (SSSR count). The number of sulfonamides is 1. The van der Waals surface area contributed by atoms with Crippen LogP contribution in [0.4, 0.5) is 0 Å². The van der Waals surface area contributed by atoms with Gasteiger partial charge in [0.15, 0.2) is 0 Å². The number of hydrogen-bond donors (Lipinski definition) is 1. The maximum Gasteiger partial charge on any atom is 0.242 e. The van der Waals surface area contributed by atoms with E-state index in [9.17, 15) is 8.42 Å². The van der Waals surface area contributed by atoms with Gasteiger partial charge in [-0.2, -0.15) is 0 Å². The van der Waals surface area contributed by atoms with E-state index < -0.39 is 10.0 Å². The van der Waals surface area contributed by atoms with Crippen molar-refractivity contribution in [2.24, 2.45) is 0 Å². The Hall–Kier alpha value is -0.890. The quantitative estimate of drug-likeness (QED) is 0.871. The van der Waals surface area contributed by atoms with Gasteiger partial charge in [-0.15, -0.1) is 11.3 Å². The van der Waals surface area contributed by atoms with E-state index in [4.69, 9.17) is 4.74 Å². The summed E-state index contributed by atoms with van der Waals surface area (Å²) < 4.78 is 33.1. The highest BCUT2D eigenvalue weighted by Crippen LogP contribution is 2.29. The van der Waals surface area contributed by atoms with Crippen LogP contribution in [0.3, 0.4) is 0 Å². The summed E-state index contributed by atoms with van der Waals surface area (Å²) in [5, 5.41) is 0. The van der Waals surface area contributed by atoms with E-state index >= 15 is 0 Å². The molecule has 0 saturated carbocycles. The summed E-state index contributed by atoms with van der Waals surface area (Å²) in [7, 11) is -1.96. The van der Waals surface area contributed by atoms with E-state index in [0.29, 0.717) is 10.6 Å². The highest BCUT2D eigenvalue weighted by Gasteiger charge is 2.19. The second kappa shape index (κ2) is 6.26. The van der Waals surface area contributed by atoms with Crippen LogP contribution in [0.25, 0.3) is 0 Å². The lowest BCUT2D eigenvalue weighted by Gasteiger charge is -2.09. The first kappa shape index (κ1) is 15.5. The molecule has 0 amide bonds. The lowest BCUT2D eigenvalue weighted by Crippen LogP contribution is -2.23. The molecule has 20 heavy (non-hydrogen) atoms. The molecule has 1 aromatic heterocycles. The zero-order valence-corrected chi connectivity index (χ0v) is 14.2. The largest absolute Gasteiger partial charge is 0.496 e. The summed E-state index contributed by atoms with van der Waals surface area (Å²) in [6.07, 6.45) is 0. The summed E-state index contributed by atoms with van der Waals surface area (Å²) >= 11 is 4.70. The SMILES string of the molecule is COc1ccccc1CNS(=O)(=O)c1cc(Br)sc1C. The van der Waals surface area contributed by atoms with E-state index in [1.807, 2.05) is 18.2 Å². The summed E-state index contributed by atoms with van der Waals surface area (Å²) in [5.41, 5.74) is 0.797. The third-order valence-electron chi connectivity index (χ3n) is 2.78. The fraction of sp³-hybridized carbons (Fsp3) is 0.231. The Labute approximate surface area is 131 Å². The monoisotopic (exact) mass is 375 g/mol. The Kier molecular flexibility index (Phi) is 4.85. The van der Waals surface area contributed by atoms with E-state index in [2.05, 4.69) is 20.7 Å². The predicted molar refractivity (Wildman–Crippen MR) is 83.8 cm³/mol. The maximum atomic E-state index is 12.3. The minimum absolute atomic E-state index is 0.194. The second-order valence-electron chi connectivity index (χ2n) is 4.11. The van der Waals surface area contributed by atoms with Crippen LogP contribution in [0.2, 0.25) is 0 Å². The predicted octanol–water partition coefficient (Wildman–Crippen LogP) is 3.31. The smallest absolute Gasteiger partial charge is 0.242 e. The van der Waals surface area contributed by atoms with Crippen molar-refractivity contribution >= 4 is 37.3 Å². The van der Waals surface area contributed by atoms with Crippen molar-refractivity contribution in [1.82, 2.24) is 4.72 Å². The number of halogens is 1. The minimum Gasteiger partial charge on any atom is -0.496 e. The number of rotatable bonds is 5. The summed E-state index contributed by atoms with van der Waals surface area (Å²) in [4.78, 5) is 1.06. The average Bonchev–Trinajstić information content (AvgIpc) is 2.76. The van der Waals surface area contributed by atoms with Crippen molar-refractivity contribution in [2.75, 3.05) is 7.11 Å². The van der Waals surface area contributed by atoms with Crippen LogP contribution in [0, 0.1) is 6.92 Å². The van der Waals surface area contributed by atoms with Crippen molar-refractivity contribution in [2.45, 2.75) is 18.4 Å². The normalized spacial score (nSPS) is 11.6. The molecule has 0 aliphatic heterocycles. The molecule has 0 spiro atoms. The number of para-hydroxylation sites is 1. The first-order valence-electron chi connectivity index (χ1n) is 5.81. The van der Waals surface area contributed by atoms with E-state index in [-0.39, 0.29) is 6.54 Å². The fourth-order valence-electron chi connectivity index (χ4n) is 1.80. The molecule has 4 nitrogen and oxygen atoms in total. The lowest BCUT2D eigenvalue weighted by molar-refractivity contribution is 0.409. The average molecular weight is 376 g/mol. The van der Waals surface area contributed by atoms with Crippen molar-refractivity contribution in [3.8, 4) is 5.75 Å². The number of nitrogens with one attached hydrogen (secondary N) is 1. The first-order valence-corrected chi connectivity index (χ1v) is 8.91. The van der Waals surface area contributed by atoms with Gasteiger partial charge in [0.05, 0.1) is 15.8 Å². The van der Waals surface area contributed by atoms with Gasteiger partial charge < -0.3 is 4.74 Å². The Balaban J connectivity index is 2.20. The molecular formula is C13H14BrNO3S2. The van der Waals surface area contributed by atoms with Crippen molar-refractivity contribution in [3.05, 3.63) is 44.6 Å². The van der Waals surface area contributed by atoms with Gasteiger partial charge in [0.2, 0.25) is 10.0 Å². The molecule has 0 aliphatic rings. The molecule has 0 saturated heterocycles. The third kappa shape index (κ3) is 3.41. The minimum atomic E-state index is -3.52. The molecule has 7 heteroatoms. The first-order chi connectivity index (χ1) is 9.44. The number of methoxy groups -OCH3 is 1. The number of thiophene rings is 1. The zero-order valence-electron chi connectivity index (χ0n) is 11.0. The van der Waals surface area contributed by atoms with Crippen LogP contribution in [0.5, 0.6) is 5.75 Å². The summed E-state index contributed by atoms with van der Waals surface area (Å²) in [5.74, 6) is 0.665. The highest BCUT2D eigenvalue weighted by molar-refractivity contribution is 9.11. The molecule has 0 unspecified atom stereocenters. The highest BCUT2D eigenvalue weighted by atomic mass is 79.9. The zero-order chi connectivity index (χ0) is 14.8. The van der Waals surface area contributed by atoms with Crippen molar-refractivity contribution in [3.63, 3.8) is 0 Å². The Morgan fingerprint density at radius 3 is 2.65 bits per heavy atom. The van der Waals surface area contributed by atoms with Crippen LogP contribution in [-0.2, 0) is 16.6 Å². The van der Waals surface area contributed by atoms with Crippen LogP contribution >= 0.6 is 27.3 Å². The molecule has 0 bridgehead atoms. The molecule has 108 valence electrons. The molecule has 1 heterocycles. The van der Waals surface area contributed by atoms with Crippen LogP contribution < -0.4 is 9.46 Å². The van der Waals surface area contributed by atoms with Gasteiger partial charge in [0.25, 0.3) is 0 Å². The number of ether oxygens (including phenoxy) is 1. The molecular weight excluding hydrogens is 362 g/mol. The summed E-state index contributed by atoms with van der Waals surface area (Å²) in [6, 6.07) is 8.94. The standard InChI is InChI=1S/C13H14BrNO3S2/c1-9-12(7-13(14)19-9)20(16,17)15-8-10-5-3-4-6-11(10)18-2/h3-7,15H,8H2,1-2H3. The van der Waals surface area contributed by atoms with Crippen LogP contribution in [-0.4, -0.2) is 15.5 Å². The third-order valence-corrected chi connectivity index (χ3v) is 5.99. The van der Waals surface area contributed by atoms with E-state index in [0.717, 1.165) is 14.2 Å². The van der Waals surface area contributed by atoms with Gasteiger partial charge in [0.1, 0.15) is 5.75 Å². The molecule has 1 aromatic carbocycles. The lowest BCUT2D eigenvalue weighted by atomic mass is 10.2. The van der Waals surface area contributed by atoms with Crippen LogP contribution in [0.15, 0.2) is 39.0 Å². The van der Waals surface area contributed by atoms with E-state index in [1.165, 1.54) is 11.3 Å². The van der Waals surface area contributed by atoms with Gasteiger partial charge >= 0.3 is 0 Å². The Morgan fingerprint density at radius 2 is 2.05 bits per heavy atom. The fourth-order valence-corrected chi connectivity index (χ4v) is 5.22. The van der Waals surface area contributed by atoms with Gasteiger partial charge in [-0.3, -0.25) is 0 Å². The molecule has 2 aromatic rings. The van der Waals surface area contributed by atoms with Crippen molar-refractivity contribution in [1.29, 1.82) is 0 Å². The molecule has 0 fully saturated rings. The molecule has 1 N–H and O–H groups in total. The maximum absolute atomic E-state index is 12.3.